The molecular formula is C25H32N2O4. The third kappa shape index (κ3) is 5.01. The molecule has 3 rings (SSSR count). The second kappa shape index (κ2) is 9.86. The fourth-order valence-corrected chi connectivity index (χ4v) is 3.89. The predicted molar refractivity (Wildman–Crippen MR) is 121 cm³/mol. The Morgan fingerprint density at radius 3 is 2.03 bits per heavy atom. The minimum absolute atomic E-state index is 0.00643. The summed E-state index contributed by atoms with van der Waals surface area (Å²) in [5.41, 5.74) is 1.66. The zero-order valence-corrected chi connectivity index (χ0v) is 18.9. The fourth-order valence-electron chi connectivity index (χ4n) is 3.89. The molecule has 6 nitrogen and oxygen atoms in total. The van der Waals surface area contributed by atoms with E-state index in [-0.39, 0.29) is 23.8 Å². The minimum Gasteiger partial charge on any atom is -0.497 e. The van der Waals surface area contributed by atoms with Crippen molar-refractivity contribution in [3.8, 4) is 11.5 Å². The molecule has 6 heteroatoms. The Bertz CT molecular complexity index is 893. The Balaban J connectivity index is 2.02. The summed E-state index contributed by atoms with van der Waals surface area (Å²) >= 11 is 0. The molecule has 0 radical (unpaired) electrons. The molecule has 2 amide bonds. The molecule has 1 saturated heterocycles. The van der Waals surface area contributed by atoms with E-state index in [1.807, 2.05) is 55.5 Å². The van der Waals surface area contributed by atoms with Crippen molar-refractivity contribution >= 4 is 17.5 Å². The molecular weight excluding hydrogens is 392 g/mol. The van der Waals surface area contributed by atoms with Crippen LogP contribution in [0.15, 0.2) is 48.5 Å². The van der Waals surface area contributed by atoms with E-state index in [2.05, 4.69) is 19.2 Å². The van der Waals surface area contributed by atoms with Gasteiger partial charge in [0.15, 0.2) is 0 Å². The minimum atomic E-state index is -0.403. The highest BCUT2D eigenvalue weighted by Crippen LogP contribution is 2.41. The Morgan fingerprint density at radius 1 is 0.968 bits per heavy atom. The van der Waals surface area contributed by atoms with Crippen molar-refractivity contribution in [2.24, 2.45) is 11.8 Å². The molecule has 2 aromatic carbocycles. The van der Waals surface area contributed by atoms with Gasteiger partial charge in [-0.05, 0) is 61.2 Å². The third-order valence-corrected chi connectivity index (χ3v) is 6.11. The maximum absolute atomic E-state index is 13.3. The molecule has 1 aliphatic heterocycles. The van der Waals surface area contributed by atoms with E-state index in [1.54, 1.807) is 19.1 Å². The number of amides is 2. The molecule has 0 aliphatic carbocycles. The van der Waals surface area contributed by atoms with E-state index in [0.717, 1.165) is 17.0 Å². The topological polar surface area (TPSA) is 67.9 Å². The lowest BCUT2D eigenvalue weighted by atomic mass is 9.82. The number of carbonyl (C=O) groups excluding carboxylic acids is 2. The number of ether oxygens (including phenoxy) is 2. The monoisotopic (exact) mass is 424 g/mol. The third-order valence-electron chi connectivity index (χ3n) is 6.11. The van der Waals surface area contributed by atoms with E-state index < -0.39 is 6.04 Å². The predicted octanol–water partition coefficient (Wildman–Crippen LogP) is 4.35. The van der Waals surface area contributed by atoms with Gasteiger partial charge in [-0.25, -0.2) is 0 Å². The molecule has 1 heterocycles. The molecule has 1 fully saturated rings. The Kier molecular flexibility index (Phi) is 7.21. The van der Waals surface area contributed by atoms with Gasteiger partial charge in [0.1, 0.15) is 11.5 Å². The number of hydrogen-bond acceptors (Lipinski definition) is 4. The van der Waals surface area contributed by atoms with Gasteiger partial charge in [0, 0.05) is 18.2 Å². The van der Waals surface area contributed by atoms with Gasteiger partial charge in [-0.15, -0.1) is 0 Å². The van der Waals surface area contributed by atoms with Crippen LogP contribution in [-0.4, -0.2) is 32.1 Å². The second-order valence-corrected chi connectivity index (χ2v) is 8.37. The van der Waals surface area contributed by atoms with Gasteiger partial charge in [0.25, 0.3) is 0 Å². The fraction of sp³-hybridized carbons (Fsp3) is 0.440. The van der Waals surface area contributed by atoms with Crippen LogP contribution >= 0.6 is 0 Å². The van der Waals surface area contributed by atoms with E-state index in [4.69, 9.17) is 9.47 Å². The molecule has 2 aromatic rings. The molecule has 1 aliphatic rings. The number of nitrogens with zero attached hydrogens (tertiary/aromatic N) is 1. The molecule has 0 aromatic heterocycles. The largest absolute Gasteiger partial charge is 0.497 e. The highest BCUT2D eigenvalue weighted by Gasteiger charge is 2.41. The number of methoxy groups -OCH3 is 2. The summed E-state index contributed by atoms with van der Waals surface area (Å²) in [6.45, 7) is 6.18. The van der Waals surface area contributed by atoms with E-state index >= 15 is 0 Å². The first-order chi connectivity index (χ1) is 14.8. The van der Waals surface area contributed by atoms with Gasteiger partial charge in [-0.1, -0.05) is 26.0 Å². The zero-order chi connectivity index (χ0) is 22.5. The van der Waals surface area contributed by atoms with Crippen LogP contribution in [0, 0.1) is 11.8 Å². The summed E-state index contributed by atoms with van der Waals surface area (Å²) in [4.78, 5) is 28.2. The maximum Gasteiger partial charge on any atom is 0.227 e. The van der Waals surface area contributed by atoms with Gasteiger partial charge < -0.3 is 19.7 Å². The molecule has 3 atom stereocenters. The van der Waals surface area contributed by atoms with Crippen LogP contribution < -0.4 is 19.7 Å². The summed E-state index contributed by atoms with van der Waals surface area (Å²) in [5, 5.41) is 3.15. The van der Waals surface area contributed by atoms with Crippen LogP contribution in [0.3, 0.4) is 0 Å². The quantitative estimate of drug-likeness (QED) is 0.718. The molecule has 166 valence electrons. The van der Waals surface area contributed by atoms with Crippen LogP contribution in [0.2, 0.25) is 0 Å². The van der Waals surface area contributed by atoms with Gasteiger partial charge in [0.05, 0.1) is 26.2 Å². The van der Waals surface area contributed by atoms with E-state index in [9.17, 15) is 9.59 Å². The van der Waals surface area contributed by atoms with Crippen molar-refractivity contribution in [1.82, 2.24) is 5.32 Å². The highest BCUT2D eigenvalue weighted by molar-refractivity contribution is 5.97. The average Bonchev–Trinajstić information content (AvgIpc) is 2.78. The van der Waals surface area contributed by atoms with Crippen molar-refractivity contribution in [1.29, 1.82) is 0 Å². The number of nitrogens with one attached hydrogen (secondary N) is 1. The molecule has 3 unspecified atom stereocenters. The lowest BCUT2D eigenvalue weighted by Crippen LogP contribution is -2.50. The summed E-state index contributed by atoms with van der Waals surface area (Å²) in [6, 6.07) is 14.6. The highest BCUT2D eigenvalue weighted by atomic mass is 16.5. The van der Waals surface area contributed by atoms with Gasteiger partial charge in [-0.3, -0.25) is 9.59 Å². The number of carbonyl (C=O) groups is 2. The van der Waals surface area contributed by atoms with Gasteiger partial charge >= 0.3 is 0 Å². The summed E-state index contributed by atoms with van der Waals surface area (Å²) in [6.07, 6.45) is 0.839. The molecule has 31 heavy (non-hydrogen) atoms. The summed E-state index contributed by atoms with van der Waals surface area (Å²) in [5.74, 6) is 1.41. The normalized spacial score (nSPS) is 19.8. The Morgan fingerprint density at radius 2 is 1.52 bits per heavy atom. The number of benzene rings is 2. The van der Waals surface area contributed by atoms with Crippen molar-refractivity contribution in [2.45, 2.75) is 45.7 Å². The number of rotatable bonds is 7. The second-order valence-electron chi connectivity index (χ2n) is 8.37. The Labute approximate surface area is 184 Å². The standard InChI is InChI=1S/C25H32N2O4/c1-16(2)17(3)26-25(29)22-14-15-23(28)27(19-8-12-21(31-5)13-9-19)24(22)18-6-10-20(30-4)11-7-18/h6-13,16-17,22,24H,14-15H2,1-5H3,(H,26,29). The number of anilines is 1. The smallest absolute Gasteiger partial charge is 0.227 e. The van der Waals surface area contributed by atoms with Crippen molar-refractivity contribution < 1.29 is 19.1 Å². The average molecular weight is 425 g/mol. The zero-order valence-electron chi connectivity index (χ0n) is 18.9. The van der Waals surface area contributed by atoms with Crippen molar-refractivity contribution in [2.75, 3.05) is 19.1 Å². The molecule has 1 N–H and O–H groups in total. The van der Waals surface area contributed by atoms with Crippen LogP contribution in [0.4, 0.5) is 5.69 Å². The first kappa shape index (κ1) is 22.7. The van der Waals surface area contributed by atoms with E-state index in [0.29, 0.717) is 24.5 Å². The molecule has 0 bridgehead atoms. The van der Waals surface area contributed by atoms with Gasteiger partial charge in [0.2, 0.25) is 11.8 Å². The lowest BCUT2D eigenvalue weighted by Gasteiger charge is -2.41. The SMILES string of the molecule is COc1ccc(C2C(C(=O)NC(C)C(C)C)CCC(=O)N2c2ccc(OC)cc2)cc1. The van der Waals surface area contributed by atoms with Gasteiger partial charge in [-0.2, -0.15) is 0 Å². The van der Waals surface area contributed by atoms with Crippen LogP contribution in [-0.2, 0) is 9.59 Å². The van der Waals surface area contributed by atoms with Crippen LogP contribution in [0.5, 0.6) is 11.5 Å². The lowest BCUT2D eigenvalue weighted by molar-refractivity contribution is -0.130. The number of hydrogen-bond donors (Lipinski definition) is 1. The summed E-state index contributed by atoms with van der Waals surface area (Å²) < 4.78 is 10.6. The van der Waals surface area contributed by atoms with Crippen LogP contribution in [0.1, 0.15) is 45.2 Å². The van der Waals surface area contributed by atoms with E-state index in [1.165, 1.54) is 0 Å². The molecule has 0 saturated carbocycles. The van der Waals surface area contributed by atoms with Crippen molar-refractivity contribution in [3.63, 3.8) is 0 Å². The Hall–Kier alpha value is -3.02. The van der Waals surface area contributed by atoms with Crippen LogP contribution in [0.25, 0.3) is 0 Å². The molecule has 0 spiro atoms. The maximum atomic E-state index is 13.3. The first-order valence-corrected chi connectivity index (χ1v) is 10.8. The van der Waals surface area contributed by atoms with Crippen molar-refractivity contribution in [3.05, 3.63) is 54.1 Å². The summed E-state index contributed by atoms with van der Waals surface area (Å²) in [7, 11) is 3.23. The number of piperidine rings is 1. The first-order valence-electron chi connectivity index (χ1n) is 10.8.